The standard InChI is InChI=1S/C12H10BrNOS/c13-10-3-1-9(2-4-10)7-12-14-11(5-6-15)8-16-12/h1-4,6,8H,5,7H2. The molecule has 0 unspecified atom stereocenters. The number of hydrogen-bond acceptors (Lipinski definition) is 3. The molecule has 4 heteroatoms. The molecule has 2 aromatic rings. The number of aldehydes is 1. The predicted octanol–water partition coefficient (Wildman–Crippen LogP) is 3.24. The topological polar surface area (TPSA) is 30.0 Å². The second-order valence-corrected chi connectivity index (χ2v) is 5.26. The van der Waals surface area contributed by atoms with Gasteiger partial charge < -0.3 is 4.79 Å². The van der Waals surface area contributed by atoms with Gasteiger partial charge in [-0.05, 0) is 17.7 Å². The fraction of sp³-hybridized carbons (Fsp3) is 0.167. The fourth-order valence-electron chi connectivity index (χ4n) is 1.39. The van der Waals surface area contributed by atoms with Crippen molar-refractivity contribution in [3.05, 3.63) is 50.4 Å². The van der Waals surface area contributed by atoms with Gasteiger partial charge in [-0.15, -0.1) is 11.3 Å². The van der Waals surface area contributed by atoms with Gasteiger partial charge in [0.2, 0.25) is 0 Å². The van der Waals surface area contributed by atoms with Crippen molar-refractivity contribution in [1.82, 2.24) is 4.98 Å². The zero-order valence-electron chi connectivity index (χ0n) is 8.52. The molecule has 0 aliphatic rings. The SMILES string of the molecule is O=CCc1csc(Cc2ccc(Br)cc2)n1. The van der Waals surface area contributed by atoms with Crippen LogP contribution >= 0.6 is 27.3 Å². The first-order valence-electron chi connectivity index (χ1n) is 4.89. The molecule has 0 aliphatic heterocycles. The molecular formula is C12H10BrNOS. The second-order valence-electron chi connectivity index (χ2n) is 3.41. The number of carbonyl (C=O) groups is 1. The normalized spacial score (nSPS) is 10.3. The summed E-state index contributed by atoms with van der Waals surface area (Å²) in [5, 5.41) is 3.00. The van der Waals surface area contributed by atoms with E-state index in [1.165, 1.54) is 5.56 Å². The van der Waals surface area contributed by atoms with E-state index in [2.05, 4.69) is 33.0 Å². The highest BCUT2D eigenvalue weighted by molar-refractivity contribution is 9.10. The van der Waals surface area contributed by atoms with E-state index in [1.54, 1.807) is 11.3 Å². The lowest BCUT2D eigenvalue weighted by molar-refractivity contribution is -0.107. The minimum absolute atomic E-state index is 0.414. The van der Waals surface area contributed by atoms with Crippen LogP contribution in [-0.2, 0) is 17.6 Å². The summed E-state index contributed by atoms with van der Waals surface area (Å²) >= 11 is 5.01. The van der Waals surface area contributed by atoms with Crippen molar-refractivity contribution < 1.29 is 4.79 Å². The van der Waals surface area contributed by atoms with Crippen molar-refractivity contribution in [2.24, 2.45) is 0 Å². The average molecular weight is 296 g/mol. The molecule has 82 valence electrons. The van der Waals surface area contributed by atoms with E-state index >= 15 is 0 Å². The molecule has 0 radical (unpaired) electrons. The van der Waals surface area contributed by atoms with Crippen molar-refractivity contribution in [3.63, 3.8) is 0 Å². The first kappa shape index (κ1) is 11.5. The Morgan fingerprint density at radius 2 is 2.06 bits per heavy atom. The van der Waals surface area contributed by atoms with Gasteiger partial charge in [-0.25, -0.2) is 4.98 Å². The van der Waals surface area contributed by atoms with Crippen LogP contribution in [-0.4, -0.2) is 11.3 Å². The maximum absolute atomic E-state index is 10.3. The number of thiazole rings is 1. The molecule has 1 aromatic carbocycles. The van der Waals surface area contributed by atoms with Gasteiger partial charge in [-0.1, -0.05) is 28.1 Å². The molecule has 0 saturated heterocycles. The van der Waals surface area contributed by atoms with Gasteiger partial charge in [0.05, 0.1) is 10.7 Å². The lowest BCUT2D eigenvalue weighted by atomic mass is 10.2. The Kier molecular flexibility index (Phi) is 3.85. The Morgan fingerprint density at radius 3 is 2.75 bits per heavy atom. The summed E-state index contributed by atoms with van der Waals surface area (Å²) in [6.07, 6.45) is 2.13. The number of aromatic nitrogens is 1. The lowest BCUT2D eigenvalue weighted by Gasteiger charge is -1.97. The average Bonchev–Trinajstić information content (AvgIpc) is 2.70. The van der Waals surface area contributed by atoms with Crippen molar-refractivity contribution in [2.45, 2.75) is 12.8 Å². The third kappa shape index (κ3) is 3.00. The van der Waals surface area contributed by atoms with Crippen molar-refractivity contribution >= 4 is 33.6 Å². The Hall–Kier alpha value is -1.00. The van der Waals surface area contributed by atoms with Gasteiger partial charge in [0.1, 0.15) is 6.29 Å². The van der Waals surface area contributed by atoms with Crippen molar-refractivity contribution in [1.29, 1.82) is 0 Å². The molecular weight excluding hydrogens is 286 g/mol. The highest BCUT2D eigenvalue weighted by Crippen LogP contribution is 2.17. The first-order valence-corrected chi connectivity index (χ1v) is 6.56. The van der Waals surface area contributed by atoms with E-state index in [0.29, 0.717) is 6.42 Å². The third-order valence-electron chi connectivity index (χ3n) is 2.16. The quantitative estimate of drug-likeness (QED) is 0.811. The largest absolute Gasteiger partial charge is 0.303 e. The number of halogens is 1. The highest BCUT2D eigenvalue weighted by atomic mass is 79.9. The molecule has 2 nitrogen and oxygen atoms in total. The van der Waals surface area contributed by atoms with Gasteiger partial charge in [0.25, 0.3) is 0 Å². The van der Waals surface area contributed by atoms with Crippen LogP contribution in [0.3, 0.4) is 0 Å². The smallest absolute Gasteiger partial charge is 0.125 e. The van der Waals surface area contributed by atoms with E-state index in [-0.39, 0.29) is 0 Å². The number of hydrogen-bond donors (Lipinski definition) is 0. The van der Waals surface area contributed by atoms with Gasteiger partial charge in [0.15, 0.2) is 0 Å². The van der Waals surface area contributed by atoms with E-state index in [4.69, 9.17) is 0 Å². The molecule has 16 heavy (non-hydrogen) atoms. The van der Waals surface area contributed by atoms with Crippen molar-refractivity contribution in [3.8, 4) is 0 Å². The van der Waals surface area contributed by atoms with Gasteiger partial charge >= 0.3 is 0 Å². The number of nitrogens with zero attached hydrogens (tertiary/aromatic N) is 1. The molecule has 0 fully saturated rings. The minimum atomic E-state index is 0.414. The fourth-order valence-corrected chi connectivity index (χ4v) is 2.49. The molecule has 0 aliphatic carbocycles. The molecule has 0 bridgehead atoms. The summed E-state index contributed by atoms with van der Waals surface area (Å²) in [7, 11) is 0. The zero-order valence-corrected chi connectivity index (χ0v) is 10.9. The van der Waals surface area contributed by atoms with Gasteiger partial charge in [-0.2, -0.15) is 0 Å². The molecule has 1 aromatic heterocycles. The lowest BCUT2D eigenvalue weighted by Crippen LogP contribution is -1.89. The monoisotopic (exact) mass is 295 g/mol. The minimum Gasteiger partial charge on any atom is -0.303 e. The number of benzene rings is 1. The van der Waals surface area contributed by atoms with Crippen molar-refractivity contribution in [2.75, 3.05) is 0 Å². The third-order valence-corrected chi connectivity index (χ3v) is 3.59. The Bertz CT molecular complexity index is 478. The number of rotatable bonds is 4. The van der Waals surface area contributed by atoms with Gasteiger partial charge in [0, 0.05) is 22.7 Å². The second kappa shape index (κ2) is 5.37. The molecule has 0 spiro atoms. The highest BCUT2D eigenvalue weighted by Gasteiger charge is 2.02. The molecule has 0 atom stereocenters. The van der Waals surface area contributed by atoms with Crippen LogP contribution in [0.15, 0.2) is 34.1 Å². The molecule has 0 saturated carbocycles. The summed E-state index contributed by atoms with van der Waals surface area (Å²) in [5.74, 6) is 0. The zero-order chi connectivity index (χ0) is 11.4. The van der Waals surface area contributed by atoms with Crippen LogP contribution in [0.1, 0.15) is 16.3 Å². The van der Waals surface area contributed by atoms with Crippen LogP contribution in [0.25, 0.3) is 0 Å². The van der Waals surface area contributed by atoms with Crippen LogP contribution in [0.4, 0.5) is 0 Å². The molecule has 2 rings (SSSR count). The van der Waals surface area contributed by atoms with E-state index in [0.717, 1.165) is 27.9 Å². The molecule has 0 amide bonds. The Labute approximate surface area is 106 Å². The van der Waals surface area contributed by atoms with E-state index in [1.807, 2.05) is 17.5 Å². The van der Waals surface area contributed by atoms with E-state index < -0.39 is 0 Å². The summed E-state index contributed by atoms with van der Waals surface area (Å²) in [6.45, 7) is 0. The van der Waals surface area contributed by atoms with Gasteiger partial charge in [-0.3, -0.25) is 0 Å². The first-order chi connectivity index (χ1) is 7.78. The summed E-state index contributed by atoms with van der Waals surface area (Å²) < 4.78 is 1.08. The predicted molar refractivity (Wildman–Crippen MR) is 68.8 cm³/mol. The summed E-state index contributed by atoms with van der Waals surface area (Å²) in [5.41, 5.74) is 2.10. The van der Waals surface area contributed by atoms with Crippen LogP contribution in [0, 0.1) is 0 Å². The Morgan fingerprint density at radius 1 is 1.31 bits per heavy atom. The van der Waals surface area contributed by atoms with Crippen LogP contribution in [0.5, 0.6) is 0 Å². The maximum Gasteiger partial charge on any atom is 0.125 e. The summed E-state index contributed by atoms with van der Waals surface area (Å²) in [4.78, 5) is 14.7. The molecule has 0 N–H and O–H groups in total. The summed E-state index contributed by atoms with van der Waals surface area (Å²) in [6, 6.07) is 8.19. The Balaban J connectivity index is 2.08. The van der Waals surface area contributed by atoms with Crippen LogP contribution in [0.2, 0.25) is 0 Å². The van der Waals surface area contributed by atoms with E-state index in [9.17, 15) is 4.79 Å². The van der Waals surface area contributed by atoms with Crippen LogP contribution < -0.4 is 0 Å². The number of carbonyl (C=O) groups excluding carboxylic acids is 1. The maximum atomic E-state index is 10.3. The molecule has 1 heterocycles.